The highest BCUT2D eigenvalue weighted by Gasteiger charge is 2.31. The number of anilines is 1. The number of nitrogens with two attached hydrogens (primary N) is 1. The summed E-state index contributed by atoms with van der Waals surface area (Å²) in [6, 6.07) is 2.38. The molecule has 2 nitrogen and oxygen atoms in total. The Balaban J connectivity index is 2.37. The molecule has 2 N–H and O–H groups in total. The molecular weight excluding hydrogens is 280 g/mol. The van der Waals surface area contributed by atoms with E-state index >= 15 is 0 Å². The van der Waals surface area contributed by atoms with Crippen molar-refractivity contribution in [3.8, 4) is 0 Å². The zero-order chi connectivity index (χ0) is 14.2. The number of nitrogen functional groups attached to an aromatic ring is 1. The maximum atomic E-state index is 13.6. The topological polar surface area (TPSA) is 38.9 Å². The first kappa shape index (κ1) is 13.8. The van der Waals surface area contributed by atoms with Crippen LogP contribution in [0, 0.1) is 12.7 Å². The van der Waals surface area contributed by atoms with E-state index in [9.17, 15) is 17.6 Å². The maximum Gasteiger partial charge on any atom is 0.416 e. The summed E-state index contributed by atoms with van der Waals surface area (Å²) >= 11 is 1.15. The number of hydrogen-bond acceptors (Lipinski definition) is 3. The minimum atomic E-state index is -4.48. The summed E-state index contributed by atoms with van der Waals surface area (Å²) in [4.78, 5) is 4.62. The predicted molar refractivity (Wildman–Crippen MR) is 65.5 cm³/mol. The highest BCUT2D eigenvalue weighted by molar-refractivity contribution is 7.15. The molecule has 0 saturated heterocycles. The molecule has 0 aliphatic rings. The third kappa shape index (κ3) is 3.04. The van der Waals surface area contributed by atoms with Gasteiger partial charge in [-0.25, -0.2) is 9.37 Å². The molecule has 2 aromatic rings. The van der Waals surface area contributed by atoms with E-state index in [0.717, 1.165) is 29.5 Å². The molecule has 102 valence electrons. The molecule has 2 rings (SSSR count). The molecule has 0 atom stereocenters. The van der Waals surface area contributed by atoms with Crippen molar-refractivity contribution >= 4 is 16.5 Å². The standard InChI is InChI=1S/C12H10F4N2S/c1-6-10(19-11(17)18-6)5-7-4-8(12(14,15)16)2-3-9(7)13/h2-4H,5H2,1H3,(H2,17,18). The number of aryl methyl sites for hydroxylation is 1. The maximum absolute atomic E-state index is 13.6. The predicted octanol–water partition coefficient (Wildman–Crippen LogP) is 3.78. The second kappa shape index (κ2) is 4.80. The summed E-state index contributed by atoms with van der Waals surface area (Å²) in [7, 11) is 0. The van der Waals surface area contributed by atoms with E-state index < -0.39 is 17.6 Å². The summed E-state index contributed by atoms with van der Waals surface area (Å²) in [5.41, 5.74) is 5.24. The van der Waals surface area contributed by atoms with Gasteiger partial charge in [0.1, 0.15) is 5.82 Å². The Bertz CT molecular complexity index is 604. The van der Waals surface area contributed by atoms with Gasteiger partial charge in [0.2, 0.25) is 0 Å². The Hall–Kier alpha value is -1.63. The van der Waals surface area contributed by atoms with Crippen molar-refractivity contribution in [3.63, 3.8) is 0 Å². The number of nitrogens with zero attached hydrogens (tertiary/aromatic N) is 1. The summed E-state index contributed by atoms with van der Waals surface area (Å²) < 4.78 is 51.3. The van der Waals surface area contributed by atoms with Gasteiger partial charge in [-0.05, 0) is 30.7 Å². The lowest BCUT2D eigenvalue weighted by molar-refractivity contribution is -0.137. The first-order valence-corrected chi connectivity index (χ1v) is 6.16. The smallest absolute Gasteiger partial charge is 0.375 e. The van der Waals surface area contributed by atoms with Gasteiger partial charge < -0.3 is 5.73 Å². The highest BCUT2D eigenvalue weighted by atomic mass is 32.1. The first-order chi connectivity index (χ1) is 8.77. The van der Waals surface area contributed by atoms with Crippen LogP contribution in [0.25, 0.3) is 0 Å². The van der Waals surface area contributed by atoms with Crippen LogP contribution in [0.4, 0.5) is 22.7 Å². The van der Waals surface area contributed by atoms with Crippen molar-refractivity contribution in [2.45, 2.75) is 19.5 Å². The van der Waals surface area contributed by atoms with Gasteiger partial charge in [-0.1, -0.05) is 0 Å². The van der Waals surface area contributed by atoms with Crippen LogP contribution in [0.15, 0.2) is 18.2 Å². The number of rotatable bonds is 2. The molecule has 1 aromatic heterocycles. The minimum absolute atomic E-state index is 0.0124. The molecule has 0 radical (unpaired) electrons. The van der Waals surface area contributed by atoms with E-state index in [1.165, 1.54) is 0 Å². The molecule has 0 spiro atoms. The van der Waals surface area contributed by atoms with Gasteiger partial charge in [0.25, 0.3) is 0 Å². The molecule has 0 bridgehead atoms. The number of alkyl halides is 3. The van der Waals surface area contributed by atoms with Crippen LogP contribution >= 0.6 is 11.3 Å². The number of benzene rings is 1. The van der Waals surface area contributed by atoms with Crippen molar-refractivity contribution in [1.82, 2.24) is 4.98 Å². The fraction of sp³-hybridized carbons (Fsp3) is 0.250. The van der Waals surface area contributed by atoms with Crippen molar-refractivity contribution in [3.05, 3.63) is 45.7 Å². The van der Waals surface area contributed by atoms with Crippen molar-refractivity contribution in [1.29, 1.82) is 0 Å². The zero-order valence-corrected chi connectivity index (χ0v) is 10.7. The Kier molecular flexibility index (Phi) is 3.49. The van der Waals surface area contributed by atoms with Gasteiger partial charge >= 0.3 is 6.18 Å². The number of aromatic nitrogens is 1. The third-order valence-electron chi connectivity index (χ3n) is 2.63. The van der Waals surface area contributed by atoms with Gasteiger partial charge in [-0.2, -0.15) is 13.2 Å². The third-order valence-corrected chi connectivity index (χ3v) is 3.62. The Morgan fingerprint density at radius 2 is 2.00 bits per heavy atom. The average Bonchev–Trinajstić information content (AvgIpc) is 2.59. The number of halogens is 4. The lowest BCUT2D eigenvalue weighted by atomic mass is 10.1. The van der Waals surface area contributed by atoms with Crippen LogP contribution in [0.5, 0.6) is 0 Å². The lowest BCUT2D eigenvalue weighted by Crippen LogP contribution is -2.06. The summed E-state index contributed by atoms with van der Waals surface area (Å²) in [6.45, 7) is 1.69. The molecule has 0 fully saturated rings. The van der Waals surface area contributed by atoms with Crippen LogP contribution in [0.3, 0.4) is 0 Å². The minimum Gasteiger partial charge on any atom is -0.375 e. The number of hydrogen-bond donors (Lipinski definition) is 1. The quantitative estimate of drug-likeness (QED) is 0.855. The molecule has 1 heterocycles. The van der Waals surface area contributed by atoms with Crippen LogP contribution < -0.4 is 5.73 Å². The Morgan fingerprint density at radius 1 is 1.32 bits per heavy atom. The fourth-order valence-corrected chi connectivity index (χ4v) is 2.53. The van der Waals surface area contributed by atoms with Crippen LogP contribution in [0.2, 0.25) is 0 Å². The lowest BCUT2D eigenvalue weighted by Gasteiger charge is -2.09. The van der Waals surface area contributed by atoms with E-state index in [1.807, 2.05) is 0 Å². The van der Waals surface area contributed by atoms with E-state index in [-0.39, 0.29) is 12.0 Å². The van der Waals surface area contributed by atoms with Crippen molar-refractivity contribution < 1.29 is 17.6 Å². The molecule has 0 unspecified atom stereocenters. The van der Waals surface area contributed by atoms with Crippen LogP contribution in [-0.4, -0.2) is 4.98 Å². The Labute approximate surface area is 110 Å². The van der Waals surface area contributed by atoms with Crippen LogP contribution in [-0.2, 0) is 12.6 Å². The normalized spacial score (nSPS) is 11.8. The molecular formula is C12H10F4N2S. The van der Waals surface area contributed by atoms with Gasteiger partial charge in [0.05, 0.1) is 11.3 Å². The average molecular weight is 290 g/mol. The summed E-state index contributed by atoms with van der Waals surface area (Å²) in [6.07, 6.45) is -4.43. The van der Waals surface area contributed by atoms with E-state index in [1.54, 1.807) is 6.92 Å². The SMILES string of the molecule is Cc1nc(N)sc1Cc1cc(C(F)(F)F)ccc1F. The van der Waals surface area contributed by atoms with E-state index in [2.05, 4.69) is 4.98 Å². The second-order valence-electron chi connectivity index (χ2n) is 4.04. The molecule has 0 saturated carbocycles. The van der Waals surface area contributed by atoms with E-state index in [0.29, 0.717) is 15.7 Å². The monoisotopic (exact) mass is 290 g/mol. The molecule has 0 aliphatic carbocycles. The fourth-order valence-electron chi connectivity index (χ4n) is 1.67. The molecule has 1 aromatic carbocycles. The largest absolute Gasteiger partial charge is 0.416 e. The number of thiazole rings is 1. The Morgan fingerprint density at radius 3 is 2.53 bits per heavy atom. The van der Waals surface area contributed by atoms with Crippen molar-refractivity contribution in [2.24, 2.45) is 0 Å². The second-order valence-corrected chi connectivity index (χ2v) is 5.16. The van der Waals surface area contributed by atoms with Crippen molar-refractivity contribution in [2.75, 3.05) is 5.73 Å². The first-order valence-electron chi connectivity index (χ1n) is 5.35. The zero-order valence-electron chi connectivity index (χ0n) is 9.88. The van der Waals surface area contributed by atoms with E-state index in [4.69, 9.17) is 5.73 Å². The molecule has 7 heteroatoms. The van der Waals surface area contributed by atoms with Gasteiger partial charge in [-0.15, -0.1) is 11.3 Å². The van der Waals surface area contributed by atoms with Gasteiger partial charge in [-0.3, -0.25) is 0 Å². The summed E-state index contributed by atoms with van der Waals surface area (Å²) in [5.74, 6) is -0.667. The highest BCUT2D eigenvalue weighted by Crippen LogP contribution is 2.32. The molecule has 19 heavy (non-hydrogen) atoms. The summed E-state index contributed by atoms with van der Waals surface area (Å²) in [5, 5.41) is 0.319. The van der Waals surface area contributed by atoms with Gasteiger partial charge in [0, 0.05) is 11.3 Å². The van der Waals surface area contributed by atoms with Crippen LogP contribution in [0.1, 0.15) is 21.7 Å². The molecule has 0 amide bonds. The van der Waals surface area contributed by atoms with Gasteiger partial charge in [0.15, 0.2) is 5.13 Å². The molecule has 0 aliphatic heterocycles.